The third kappa shape index (κ3) is 3.80. The molecule has 1 aromatic carbocycles. The molecule has 23 heavy (non-hydrogen) atoms. The van der Waals surface area contributed by atoms with Crippen LogP contribution in [-0.2, 0) is 14.4 Å². The lowest BCUT2D eigenvalue weighted by Crippen LogP contribution is -2.31. The SMILES string of the molecule is CCN(CC)c1ccc(NC(=O)CC2C(=O)NN(C)C2=O)cc1. The highest BCUT2D eigenvalue weighted by Gasteiger charge is 2.38. The Hall–Kier alpha value is -2.57. The average Bonchev–Trinajstić information content (AvgIpc) is 2.76. The number of hydrogen-bond donors (Lipinski definition) is 2. The molecule has 0 saturated carbocycles. The molecule has 0 bridgehead atoms. The van der Waals surface area contributed by atoms with Gasteiger partial charge in [-0.2, -0.15) is 0 Å². The van der Waals surface area contributed by atoms with E-state index < -0.39 is 11.8 Å². The number of nitrogens with one attached hydrogen (secondary N) is 2. The predicted molar refractivity (Wildman–Crippen MR) is 87.7 cm³/mol. The van der Waals surface area contributed by atoms with Crippen LogP contribution in [0, 0.1) is 5.92 Å². The van der Waals surface area contributed by atoms with Crippen molar-refractivity contribution in [1.29, 1.82) is 0 Å². The molecular formula is C16H22N4O3. The molecule has 1 saturated heterocycles. The smallest absolute Gasteiger partial charge is 0.253 e. The zero-order chi connectivity index (χ0) is 17.0. The minimum absolute atomic E-state index is 0.160. The maximum absolute atomic E-state index is 12.0. The number of rotatable bonds is 6. The Morgan fingerprint density at radius 2 is 1.83 bits per heavy atom. The molecule has 0 aliphatic carbocycles. The lowest BCUT2D eigenvalue weighted by Gasteiger charge is -2.21. The minimum Gasteiger partial charge on any atom is -0.372 e. The van der Waals surface area contributed by atoms with Crippen LogP contribution in [-0.4, -0.2) is 42.9 Å². The van der Waals surface area contributed by atoms with Crippen LogP contribution >= 0.6 is 0 Å². The zero-order valence-corrected chi connectivity index (χ0v) is 13.6. The molecule has 7 nitrogen and oxygen atoms in total. The highest BCUT2D eigenvalue weighted by Crippen LogP contribution is 2.19. The van der Waals surface area contributed by atoms with Gasteiger partial charge in [0.1, 0.15) is 5.92 Å². The van der Waals surface area contributed by atoms with Crippen molar-refractivity contribution in [2.24, 2.45) is 5.92 Å². The quantitative estimate of drug-likeness (QED) is 0.766. The largest absolute Gasteiger partial charge is 0.372 e. The van der Waals surface area contributed by atoms with Gasteiger partial charge in [0.2, 0.25) is 5.91 Å². The molecule has 0 radical (unpaired) electrons. The van der Waals surface area contributed by atoms with Gasteiger partial charge in [-0.1, -0.05) is 0 Å². The van der Waals surface area contributed by atoms with Crippen molar-refractivity contribution in [3.8, 4) is 0 Å². The van der Waals surface area contributed by atoms with Crippen molar-refractivity contribution < 1.29 is 14.4 Å². The first-order chi connectivity index (χ1) is 11.0. The van der Waals surface area contributed by atoms with E-state index in [1.165, 1.54) is 7.05 Å². The van der Waals surface area contributed by atoms with Crippen LogP contribution in [0.15, 0.2) is 24.3 Å². The van der Waals surface area contributed by atoms with Crippen molar-refractivity contribution >= 4 is 29.1 Å². The Morgan fingerprint density at radius 3 is 2.30 bits per heavy atom. The van der Waals surface area contributed by atoms with E-state index in [2.05, 4.69) is 29.5 Å². The van der Waals surface area contributed by atoms with Crippen LogP contribution in [0.5, 0.6) is 0 Å². The lowest BCUT2D eigenvalue weighted by atomic mass is 10.0. The number of benzene rings is 1. The molecule has 1 aliphatic heterocycles. The van der Waals surface area contributed by atoms with E-state index in [1.54, 1.807) is 0 Å². The van der Waals surface area contributed by atoms with Crippen molar-refractivity contribution in [2.45, 2.75) is 20.3 Å². The molecule has 0 aromatic heterocycles. The summed E-state index contributed by atoms with van der Waals surface area (Å²) in [6.07, 6.45) is -0.160. The lowest BCUT2D eigenvalue weighted by molar-refractivity contribution is -0.134. The minimum atomic E-state index is -0.949. The summed E-state index contributed by atoms with van der Waals surface area (Å²) >= 11 is 0. The second kappa shape index (κ2) is 7.13. The van der Waals surface area contributed by atoms with Gasteiger partial charge in [0.25, 0.3) is 11.8 Å². The molecule has 1 fully saturated rings. The molecule has 1 aliphatic rings. The normalized spacial score (nSPS) is 17.2. The number of hydrazine groups is 1. The maximum Gasteiger partial charge on any atom is 0.253 e. The molecule has 2 N–H and O–H groups in total. The van der Waals surface area contributed by atoms with E-state index in [0.29, 0.717) is 5.69 Å². The molecule has 1 unspecified atom stereocenters. The maximum atomic E-state index is 12.0. The summed E-state index contributed by atoms with van der Waals surface area (Å²) < 4.78 is 0. The van der Waals surface area contributed by atoms with Crippen molar-refractivity contribution in [3.05, 3.63) is 24.3 Å². The van der Waals surface area contributed by atoms with Gasteiger partial charge in [-0.25, -0.2) is 0 Å². The Balaban J connectivity index is 1.95. The molecular weight excluding hydrogens is 296 g/mol. The summed E-state index contributed by atoms with van der Waals surface area (Å²) in [7, 11) is 1.46. The van der Waals surface area contributed by atoms with Gasteiger partial charge in [0.15, 0.2) is 0 Å². The van der Waals surface area contributed by atoms with Crippen LogP contribution in [0.2, 0.25) is 0 Å². The summed E-state index contributed by atoms with van der Waals surface area (Å²) in [5.41, 5.74) is 4.10. The van der Waals surface area contributed by atoms with Gasteiger partial charge in [-0.05, 0) is 38.1 Å². The van der Waals surface area contributed by atoms with Gasteiger partial charge >= 0.3 is 0 Å². The Bertz CT molecular complexity index is 596. The topological polar surface area (TPSA) is 81.8 Å². The summed E-state index contributed by atoms with van der Waals surface area (Å²) in [6.45, 7) is 5.99. The molecule has 3 amide bonds. The summed E-state index contributed by atoms with van der Waals surface area (Å²) in [5, 5.41) is 3.83. The first-order valence-corrected chi connectivity index (χ1v) is 7.69. The standard InChI is InChI=1S/C16H22N4O3/c1-4-20(5-2)12-8-6-11(7-9-12)17-14(21)10-13-15(22)18-19(3)16(13)23/h6-9,13H,4-5,10H2,1-3H3,(H,17,21)(H,18,22). The van der Waals surface area contributed by atoms with Crippen LogP contribution in [0.1, 0.15) is 20.3 Å². The van der Waals surface area contributed by atoms with Gasteiger partial charge < -0.3 is 10.2 Å². The molecule has 1 aromatic rings. The van der Waals surface area contributed by atoms with E-state index in [0.717, 1.165) is 23.8 Å². The fraction of sp³-hybridized carbons (Fsp3) is 0.438. The van der Waals surface area contributed by atoms with E-state index in [-0.39, 0.29) is 18.2 Å². The van der Waals surface area contributed by atoms with Crippen LogP contribution in [0.3, 0.4) is 0 Å². The first kappa shape index (κ1) is 16.8. The average molecular weight is 318 g/mol. The number of anilines is 2. The molecule has 2 rings (SSSR count). The Labute approximate surface area is 135 Å². The molecule has 7 heteroatoms. The van der Waals surface area contributed by atoms with Gasteiger partial charge in [-0.15, -0.1) is 0 Å². The first-order valence-electron chi connectivity index (χ1n) is 7.69. The van der Waals surface area contributed by atoms with Crippen molar-refractivity contribution in [2.75, 3.05) is 30.4 Å². The fourth-order valence-electron chi connectivity index (χ4n) is 2.57. The number of hydrogen-bond acceptors (Lipinski definition) is 4. The Kier molecular flexibility index (Phi) is 5.20. The monoisotopic (exact) mass is 318 g/mol. The number of carbonyl (C=O) groups is 3. The molecule has 1 atom stereocenters. The van der Waals surface area contributed by atoms with E-state index in [4.69, 9.17) is 0 Å². The number of amides is 3. The van der Waals surface area contributed by atoms with E-state index >= 15 is 0 Å². The van der Waals surface area contributed by atoms with E-state index in [1.807, 2.05) is 24.3 Å². The summed E-state index contributed by atoms with van der Waals surface area (Å²) in [5.74, 6) is -2.13. The molecule has 1 heterocycles. The van der Waals surface area contributed by atoms with Crippen LogP contribution in [0.4, 0.5) is 11.4 Å². The second-order valence-corrected chi connectivity index (χ2v) is 5.40. The van der Waals surface area contributed by atoms with Gasteiger partial charge in [0.05, 0.1) is 0 Å². The number of nitrogens with zero attached hydrogens (tertiary/aromatic N) is 2. The molecule has 124 valence electrons. The van der Waals surface area contributed by atoms with Crippen LogP contribution < -0.4 is 15.6 Å². The second-order valence-electron chi connectivity index (χ2n) is 5.40. The van der Waals surface area contributed by atoms with Gasteiger partial charge in [0, 0.05) is 37.9 Å². The molecule has 0 spiro atoms. The third-order valence-corrected chi connectivity index (χ3v) is 3.89. The van der Waals surface area contributed by atoms with Crippen molar-refractivity contribution in [1.82, 2.24) is 10.4 Å². The van der Waals surface area contributed by atoms with Crippen LogP contribution in [0.25, 0.3) is 0 Å². The number of carbonyl (C=O) groups excluding carboxylic acids is 3. The third-order valence-electron chi connectivity index (χ3n) is 3.89. The Morgan fingerprint density at radius 1 is 1.22 bits per heavy atom. The summed E-state index contributed by atoms with van der Waals surface area (Å²) in [4.78, 5) is 37.6. The van der Waals surface area contributed by atoms with E-state index in [9.17, 15) is 14.4 Å². The predicted octanol–water partition coefficient (Wildman–Crippen LogP) is 0.981. The van der Waals surface area contributed by atoms with Crippen molar-refractivity contribution in [3.63, 3.8) is 0 Å². The fourth-order valence-corrected chi connectivity index (χ4v) is 2.57. The highest BCUT2D eigenvalue weighted by atomic mass is 16.2. The zero-order valence-electron chi connectivity index (χ0n) is 13.6. The highest BCUT2D eigenvalue weighted by molar-refractivity contribution is 6.08. The van der Waals surface area contributed by atoms with Gasteiger partial charge in [-0.3, -0.25) is 24.8 Å². The summed E-state index contributed by atoms with van der Waals surface area (Å²) in [6, 6.07) is 7.50.